The molecule has 9 amide bonds. The molecule has 40 heteroatoms. The Kier molecular flexibility index (Phi) is 89.3. The van der Waals surface area contributed by atoms with Crippen molar-refractivity contribution in [2.24, 2.45) is 0 Å². The van der Waals surface area contributed by atoms with Crippen molar-refractivity contribution in [1.82, 2.24) is 10.6 Å². The Balaban J connectivity index is -0.000000745. The zero-order valence-electron chi connectivity index (χ0n) is 81.9. The molecule has 782 valence electrons. The largest absolute Gasteiger partial charge is 0.356 e. The van der Waals surface area contributed by atoms with E-state index in [2.05, 4.69) is 181 Å². The molecule has 0 aromatic heterocycles. The monoisotopic (exact) mass is 2570 g/mol. The molecule has 0 saturated carbocycles. The number of amides is 9. The molecule has 5 rings (SSSR count). The van der Waals surface area contributed by atoms with Crippen LogP contribution >= 0.6 is 167 Å². The summed E-state index contributed by atoms with van der Waals surface area (Å²) in [5.41, 5.74) is 5.45. The normalized spacial score (nSPS) is 9.97. The maximum absolute atomic E-state index is 13.6. The molecule has 27 nitrogen and oxygen atoms in total. The van der Waals surface area contributed by atoms with Crippen molar-refractivity contribution in [2.45, 2.75) is 255 Å². The lowest BCUT2D eigenvalue weighted by molar-refractivity contribution is -0.121. The molecule has 0 aliphatic rings. The lowest BCUT2D eigenvalue weighted by Gasteiger charge is -2.19. The number of hydrogen-bond acceptors (Lipinski definition) is 18. The molecule has 5 aromatic carbocycles. The predicted octanol–water partition coefficient (Wildman–Crippen LogP) is 23.8. The quantitative estimate of drug-likeness (QED) is 0.0140. The summed E-state index contributed by atoms with van der Waals surface area (Å²) in [4.78, 5) is 203. The molecule has 0 fully saturated rings. The third-order valence-corrected chi connectivity index (χ3v) is 24.9. The van der Waals surface area contributed by atoms with Crippen LogP contribution in [0.3, 0.4) is 0 Å². The molecule has 0 unspecified atom stereocenters. The fraction of sp³-hybridized carbons (Fsp3) is 0.520. The topological polar surface area (TPSA) is 398 Å². The summed E-state index contributed by atoms with van der Waals surface area (Å²) in [7, 11) is 3.47. The van der Waals surface area contributed by atoms with E-state index < -0.39 is 17.5 Å². The maximum atomic E-state index is 13.6. The number of alkyl halides is 9. The van der Waals surface area contributed by atoms with Gasteiger partial charge in [-0.3, -0.25) is 86.3 Å². The van der Waals surface area contributed by atoms with Gasteiger partial charge in [0.2, 0.25) is 53.2 Å². The molecule has 0 atom stereocenters. The summed E-state index contributed by atoms with van der Waals surface area (Å²) < 4.78 is 27.2. The van der Waals surface area contributed by atoms with E-state index in [1.807, 2.05) is 71.0 Å². The minimum absolute atomic E-state index is 0.00353. The number of halogens is 13. The van der Waals surface area contributed by atoms with Gasteiger partial charge in [0.1, 0.15) is 63.7 Å². The Bertz CT molecular complexity index is 4240. The number of carbonyl (C=O) groups excluding carboxylic acids is 18. The fourth-order valence-corrected chi connectivity index (χ4v) is 13.3. The first-order valence-electron chi connectivity index (χ1n) is 46.1. The van der Waals surface area contributed by atoms with Crippen LogP contribution in [0.2, 0.25) is 10.0 Å². The number of Topliss-reactive ketones (excluding diaryl/α,β-unsaturated/α-hetero) is 9. The van der Waals surface area contributed by atoms with E-state index in [0.29, 0.717) is 167 Å². The summed E-state index contributed by atoms with van der Waals surface area (Å²) >= 11 is 39.7. The average Bonchev–Trinajstić information content (AvgIpc) is 0.836. The number of hydrogen-bond donors (Lipinski definition) is 7. The van der Waals surface area contributed by atoms with Crippen LogP contribution in [-0.4, -0.2) is 180 Å². The van der Waals surface area contributed by atoms with Crippen molar-refractivity contribution in [3.63, 3.8) is 0 Å². The first-order chi connectivity index (χ1) is 66.6. The van der Waals surface area contributed by atoms with E-state index in [4.69, 9.17) is 23.2 Å². The van der Waals surface area contributed by atoms with Crippen LogP contribution in [0.15, 0.2) is 97.1 Å². The van der Waals surface area contributed by atoms with Crippen molar-refractivity contribution in [3.8, 4) is 0 Å². The van der Waals surface area contributed by atoms with Crippen molar-refractivity contribution in [1.29, 1.82) is 0 Å². The molecule has 0 radical (unpaired) electrons. The molecule has 7 N–H and O–H groups in total. The molecule has 0 aliphatic carbocycles. The van der Waals surface area contributed by atoms with Crippen molar-refractivity contribution in [3.05, 3.63) is 135 Å². The van der Waals surface area contributed by atoms with Gasteiger partial charge in [0.05, 0.1) is 75.7 Å². The van der Waals surface area contributed by atoms with Gasteiger partial charge >= 0.3 is 0 Å². The van der Waals surface area contributed by atoms with E-state index in [1.54, 1.807) is 100 Å². The zero-order valence-corrected chi connectivity index (χ0v) is 97.7. The van der Waals surface area contributed by atoms with Gasteiger partial charge in [0.15, 0.2) is 0 Å². The van der Waals surface area contributed by atoms with Crippen LogP contribution in [0.4, 0.5) is 48.6 Å². The maximum Gasteiger partial charge on any atom is 0.237 e. The molecule has 5 aromatic rings. The molecule has 0 aliphatic heterocycles. The van der Waals surface area contributed by atoms with Crippen LogP contribution in [0, 0.1) is 11.6 Å². The van der Waals surface area contributed by atoms with E-state index >= 15 is 0 Å². The predicted molar refractivity (Wildman–Crippen MR) is 594 cm³/mol. The van der Waals surface area contributed by atoms with Crippen molar-refractivity contribution < 1.29 is 95.1 Å². The highest BCUT2D eigenvalue weighted by Crippen LogP contribution is 2.31. The summed E-state index contributed by atoms with van der Waals surface area (Å²) in [5, 5.41) is 22.0. The standard InChI is InChI=1S/C13H17BrN2O2.C12H12BrCl2NO2.C12H12BrF2NO2.C12H14BrNO2.C12H21BrO2.C11H13BrN2O2.C10H18BrNO2.C10H17BrO2.C8H14BrNO2/c1-4-12(17)15(2)10-5-7-11(8-6-10)16(3)13(18)9-14;2*1-2-8(17)3-7-4-10(15)11(5-9(7)14)16-12(18)6-13;1-2-11(15)7-9-3-5-10(6-4-9)14-12(16)8-13;1-2-11(14)8-6-4-3-5-7-9-12(15)10-13;1-2-10(15)13-8-5-3-4-6-9(8)14-11(16)7-12;1-2-10(14)12-7-5-3-4-6-9(13)8-11;1-2-9(12)6-4-3-5-7-10(13)8-11;1-2-8(12)10-5-3-4-7(11)6-9/h5-8H,4,9H2,1-3H3;2*4-5H,2-3,6H2,1H3,(H,16,18);3-6H,2,7-8H2,1H3,(H,14,16);2-10H2,1H3;3-6H,2,7H2,1H3,(H,13,15)(H,14,16);2-8H2,1H3,(H,12,14);2-8H2,1H3;2-6H2,1H3,(H,10,12). The van der Waals surface area contributed by atoms with E-state index in [9.17, 15) is 95.1 Å². The second kappa shape index (κ2) is 89.7. The third-order valence-electron chi connectivity index (χ3n) is 19.2. The highest BCUT2D eigenvalue weighted by molar-refractivity contribution is 9.10. The van der Waals surface area contributed by atoms with Gasteiger partial charge in [-0.1, -0.05) is 285 Å². The summed E-state index contributed by atoms with van der Waals surface area (Å²) in [6, 6.07) is 26.7. The number of nitrogens with zero attached hydrogens (tertiary/aromatic N) is 2. The summed E-state index contributed by atoms with van der Waals surface area (Å²) in [5.74, 6) is -0.498. The van der Waals surface area contributed by atoms with Crippen LogP contribution < -0.4 is 47.0 Å². The number of carbonyl (C=O) groups is 18. The Hall–Kier alpha value is -6.88. The molecular weight excluding hydrogens is 2440 g/mol. The van der Waals surface area contributed by atoms with Gasteiger partial charge in [-0.25, -0.2) is 8.78 Å². The van der Waals surface area contributed by atoms with Crippen molar-refractivity contribution in [2.75, 3.05) is 112 Å². The second-order valence-corrected chi connectivity index (χ2v) is 36.3. The zero-order chi connectivity index (χ0) is 107. The number of anilines is 7. The molecular formula is C100H138Br9Cl2F2N9O18. The molecule has 0 bridgehead atoms. The fourth-order valence-electron chi connectivity index (χ4n) is 10.8. The number of benzene rings is 5. The number of rotatable bonds is 55. The summed E-state index contributed by atoms with van der Waals surface area (Å²) in [6.45, 7) is 17.7. The first kappa shape index (κ1) is 139. The van der Waals surface area contributed by atoms with Gasteiger partial charge in [-0.15, -0.1) is 0 Å². The van der Waals surface area contributed by atoms with Gasteiger partial charge in [-0.05, 0) is 128 Å². The molecule has 0 saturated heterocycles. The van der Waals surface area contributed by atoms with E-state index in [1.165, 1.54) is 0 Å². The molecule has 140 heavy (non-hydrogen) atoms. The number of ketones is 9. The number of nitrogens with one attached hydrogen (secondary N) is 7. The van der Waals surface area contributed by atoms with Gasteiger partial charge < -0.3 is 47.0 Å². The highest BCUT2D eigenvalue weighted by Gasteiger charge is 2.18. The van der Waals surface area contributed by atoms with Crippen LogP contribution in [0.5, 0.6) is 0 Å². The highest BCUT2D eigenvalue weighted by atomic mass is 79.9. The number of unbranched alkanes of at least 4 members (excludes halogenated alkanes) is 8. The minimum Gasteiger partial charge on any atom is -0.356 e. The van der Waals surface area contributed by atoms with Crippen LogP contribution in [0.25, 0.3) is 0 Å². The molecule has 0 spiro atoms. The lowest BCUT2D eigenvalue weighted by Crippen LogP contribution is -2.27. The lowest BCUT2D eigenvalue weighted by atomic mass is 10.1. The van der Waals surface area contributed by atoms with Crippen LogP contribution in [-0.2, 0) is 106 Å². The minimum atomic E-state index is -0.760. The SMILES string of the molecule is CCC(=O)CCCCCC(=O)CBr.CCC(=O)CCCCCCCC(=O)CBr.CCC(=O)Cc1cc(Cl)c(NC(=O)CBr)cc1Cl.CCC(=O)Cc1cc(F)c(NC(=O)CBr)cc1F.CCC(=O)Cc1ccc(NC(=O)CBr)cc1.CCC(=O)N(C)c1ccc(N(C)C(=O)CBr)cc1.CCC(=O)NCCCC(=O)CBr.CCC(=O)NCCCCCC(=O)CBr.CCC(=O)Nc1ccccc1NC(=O)CBr. The molecule has 0 heterocycles. The van der Waals surface area contributed by atoms with Gasteiger partial charge in [0, 0.05) is 171 Å². The Morgan fingerprint density at radius 3 is 1.00 bits per heavy atom. The third kappa shape index (κ3) is 73.2. The summed E-state index contributed by atoms with van der Waals surface area (Å²) in [6.07, 6.45) is 20.8. The van der Waals surface area contributed by atoms with Gasteiger partial charge in [0.25, 0.3) is 0 Å². The second-order valence-electron chi connectivity index (χ2n) is 30.5. The van der Waals surface area contributed by atoms with E-state index in [0.717, 1.165) is 125 Å². The first-order valence-corrected chi connectivity index (χ1v) is 56.9. The van der Waals surface area contributed by atoms with E-state index in [-0.39, 0.29) is 140 Å². The Morgan fingerprint density at radius 1 is 0.279 bits per heavy atom. The Labute approximate surface area is 910 Å². The average molecular weight is 2580 g/mol. The smallest absolute Gasteiger partial charge is 0.237 e. The van der Waals surface area contributed by atoms with Crippen molar-refractivity contribution >= 4 is 312 Å². The van der Waals surface area contributed by atoms with Gasteiger partial charge in [-0.2, -0.15) is 0 Å². The Morgan fingerprint density at radius 2 is 0.614 bits per heavy atom. The number of para-hydroxylation sites is 2. The van der Waals surface area contributed by atoms with Crippen LogP contribution in [0.1, 0.15) is 252 Å².